The summed E-state index contributed by atoms with van der Waals surface area (Å²) in [5, 5.41) is 9.40. The van der Waals surface area contributed by atoms with E-state index in [1.807, 2.05) is 19.1 Å². The number of ether oxygens (including phenoxy) is 1. The second-order valence-corrected chi connectivity index (χ2v) is 5.85. The lowest BCUT2D eigenvalue weighted by Gasteiger charge is -2.14. The van der Waals surface area contributed by atoms with Gasteiger partial charge in [0.05, 0.1) is 5.39 Å². The third-order valence-corrected chi connectivity index (χ3v) is 3.86. The van der Waals surface area contributed by atoms with Crippen molar-refractivity contribution in [2.45, 2.75) is 20.0 Å². The lowest BCUT2D eigenvalue weighted by atomic mass is 10.1. The number of benzene rings is 2. The molecular formula is C19H17N3O4. The summed E-state index contributed by atoms with van der Waals surface area (Å²) in [7, 11) is 0. The third kappa shape index (κ3) is 3.61. The molecule has 3 aromatic rings. The standard InChI is InChI=1S/C19H17N3O4/c1-11-7-9-13(10-8-11)20-17(23)12(2)26-19(25)16-14-5-3-4-6-15(14)18(24)22-21-16/h3-10,12H,1-2H3,(H,20,23)(H,22,24). The minimum atomic E-state index is -1.03. The van der Waals surface area contributed by atoms with Gasteiger partial charge in [-0.25, -0.2) is 9.89 Å². The van der Waals surface area contributed by atoms with E-state index in [2.05, 4.69) is 15.5 Å². The predicted molar refractivity (Wildman–Crippen MR) is 97.0 cm³/mol. The number of H-pyrrole nitrogens is 1. The molecule has 1 aromatic heterocycles. The number of carbonyl (C=O) groups is 2. The van der Waals surface area contributed by atoms with E-state index >= 15 is 0 Å². The molecule has 1 atom stereocenters. The van der Waals surface area contributed by atoms with Gasteiger partial charge in [-0.3, -0.25) is 9.59 Å². The fourth-order valence-electron chi connectivity index (χ4n) is 2.42. The number of aromatic amines is 1. The Kier molecular flexibility index (Phi) is 4.79. The van der Waals surface area contributed by atoms with Crippen molar-refractivity contribution in [1.29, 1.82) is 0 Å². The van der Waals surface area contributed by atoms with E-state index in [-0.39, 0.29) is 5.69 Å². The van der Waals surface area contributed by atoms with E-state index < -0.39 is 23.5 Å². The minimum absolute atomic E-state index is 0.0461. The fraction of sp³-hybridized carbons (Fsp3) is 0.158. The Morgan fingerprint density at radius 2 is 1.73 bits per heavy atom. The van der Waals surface area contributed by atoms with Crippen LogP contribution in [0.2, 0.25) is 0 Å². The Hall–Kier alpha value is -3.48. The molecule has 2 aromatic carbocycles. The first-order valence-electron chi connectivity index (χ1n) is 8.01. The van der Waals surface area contributed by atoms with Crippen LogP contribution in [0.1, 0.15) is 23.0 Å². The average Bonchev–Trinajstić information content (AvgIpc) is 2.64. The Morgan fingerprint density at radius 1 is 1.08 bits per heavy atom. The summed E-state index contributed by atoms with van der Waals surface area (Å²) in [4.78, 5) is 36.4. The van der Waals surface area contributed by atoms with Gasteiger partial charge in [0.1, 0.15) is 0 Å². The Bertz CT molecular complexity index is 1020. The molecule has 1 amide bonds. The number of esters is 1. The maximum absolute atomic E-state index is 12.4. The molecule has 7 nitrogen and oxygen atoms in total. The van der Waals surface area contributed by atoms with Crippen molar-refractivity contribution >= 4 is 28.3 Å². The quantitative estimate of drug-likeness (QED) is 0.703. The highest BCUT2D eigenvalue weighted by atomic mass is 16.5. The molecule has 2 N–H and O–H groups in total. The normalized spacial score (nSPS) is 11.8. The number of rotatable bonds is 4. The molecule has 0 radical (unpaired) electrons. The van der Waals surface area contributed by atoms with E-state index in [1.54, 1.807) is 36.4 Å². The van der Waals surface area contributed by atoms with Crippen molar-refractivity contribution in [2.24, 2.45) is 0 Å². The first kappa shape index (κ1) is 17.3. The molecule has 26 heavy (non-hydrogen) atoms. The van der Waals surface area contributed by atoms with Crippen molar-refractivity contribution in [3.8, 4) is 0 Å². The molecule has 0 aliphatic carbocycles. The van der Waals surface area contributed by atoms with E-state index in [0.717, 1.165) is 5.56 Å². The van der Waals surface area contributed by atoms with Crippen LogP contribution in [0.3, 0.4) is 0 Å². The van der Waals surface area contributed by atoms with Gasteiger partial charge in [0.15, 0.2) is 11.8 Å². The van der Waals surface area contributed by atoms with Gasteiger partial charge in [-0.05, 0) is 32.0 Å². The van der Waals surface area contributed by atoms with Crippen LogP contribution in [-0.4, -0.2) is 28.2 Å². The molecule has 132 valence electrons. The number of aromatic nitrogens is 2. The number of carbonyl (C=O) groups excluding carboxylic acids is 2. The van der Waals surface area contributed by atoms with Gasteiger partial charge in [0.2, 0.25) is 0 Å². The van der Waals surface area contributed by atoms with Gasteiger partial charge in [-0.1, -0.05) is 35.9 Å². The van der Waals surface area contributed by atoms with Crippen molar-refractivity contribution in [3.63, 3.8) is 0 Å². The van der Waals surface area contributed by atoms with Crippen molar-refractivity contribution < 1.29 is 14.3 Å². The molecule has 0 saturated carbocycles. The summed E-state index contributed by atoms with van der Waals surface area (Å²) < 4.78 is 5.21. The summed E-state index contributed by atoms with van der Waals surface area (Å²) in [5.74, 6) is -1.25. The van der Waals surface area contributed by atoms with E-state index in [9.17, 15) is 14.4 Å². The molecule has 1 unspecified atom stereocenters. The van der Waals surface area contributed by atoms with Gasteiger partial charge in [0.25, 0.3) is 11.5 Å². The van der Waals surface area contributed by atoms with Crippen LogP contribution >= 0.6 is 0 Å². The van der Waals surface area contributed by atoms with Gasteiger partial charge in [-0.2, -0.15) is 5.10 Å². The monoisotopic (exact) mass is 351 g/mol. The largest absolute Gasteiger partial charge is 0.448 e. The van der Waals surface area contributed by atoms with Crippen LogP contribution in [0.25, 0.3) is 10.8 Å². The average molecular weight is 351 g/mol. The van der Waals surface area contributed by atoms with E-state index in [0.29, 0.717) is 16.5 Å². The number of aryl methyl sites for hydroxylation is 1. The summed E-state index contributed by atoms with van der Waals surface area (Å²) in [5.41, 5.74) is 1.23. The number of anilines is 1. The number of fused-ring (bicyclic) bond motifs is 1. The SMILES string of the molecule is Cc1ccc(NC(=O)C(C)OC(=O)c2n[nH]c(=O)c3ccccc23)cc1. The lowest BCUT2D eigenvalue weighted by Crippen LogP contribution is -2.30. The molecule has 1 heterocycles. The highest BCUT2D eigenvalue weighted by Gasteiger charge is 2.22. The van der Waals surface area contributed by atoms with Gasteiger partial charge in [0, 0.05) is 11.1 Å². The van der Waals surface area contributed by atoms with Crippen molar-refractivity contribution in [1.82, 2.24) is 10.2 Å². The zero-order chi connectivity index (χ0) is 18.7. The van der Waals surface area contributed by atoms with Crippen LogP contribution in [-0.2, 0) is 9.53 Å². The van der Waals surface area contributed by atoms with Crippen LogP contribution in [0.5, 0.6) is 0 Å². The fourth-order valence-corrected chi connectivity index (χ4v) is 2.42. The highest BCUT2D eigenvalue weighted by molar-refractivity contribution is 6.03. The zero-order valence-electron chi connectivity index (χ0n) is 14.3. The predicted octanol–water partition coefficient (Wildman–Crippen LogP) is 2.42. The minimum Gasteiger partial charge on any atom is -0.448 e. The van der Waals surface area contributed by atoms with E-state index in [4.69, 9.17) is 4.74 Å². The molecule has 0 fully saturated rings. The lowest BCUT2D eigenvalue weighted by molar-refractivity contribution is -0.123. The second-order valence-electron chi connectivity index (χ2n) is 5.85. The molecule has 0 bridgehead atoms. The summed E-state index contributed by atoms with van der Waals surface area (Å²) >= 11 is 0. The van der Waals surface area contributed by atoms with Crippen LogP contribution in [0.15, 0.2) is 53.3 Å². The van der Waals surface area contributed by atoms with Crippen molar-refractivity contribution in [2.75, 3.05) is 5.32 Å². The Morgan fingerprint density at radius 3 is 2.42 bits per heavy atom. The van der Waals surface area contributed by atoms with Crippen LogP contribution < -0.4 is 10.9 Å². The summed E-state index contributed by atoms with van der Waals surface area (Å²) in [6, 6.07) is 13.8. The first-order chi connectivity index (χ1) is 12.5. The molecule has 0 aliphatic rings. The first-order valence-corrected chi connectivity index (χ1v) is 8.01. The Balaban J connectivity index is 1.75. The van der Waals surface area contributed by atoms with Crippen LogP contribution in [0.4, 0.5) is 5.69 Å². The van der Waals surface area contributed by atoms with E-state index in [1.165, 1.54) is 6.92 Å². The van der Waals surface area contributed by atoms with Gasteiger partial charge >= 0.3 is 5.97 Å². The number of nitrogens with one attached hydrogen (secondary N) is 2. The smallest absolute Gasteiger partial charge is 0.360 e. The summed E-state index contributed by atoms with van der Waals surface area (Å²) in [6.45, 7) is 3.41. The van der Waals surface area contributed by atoms with Crippen molar-refractivity contribution in [3.05, 3.63) is 70.1 Å². The number of hydrogen-bond acceptors (Lipinski definition) is 5. The maximum Gasteiger partial charge on any atom is 0.360 e. The van der Waals surface area contributed by atoms with Crippen LogP contribution in [0, 0.1) is 6.92 Å². The molecule has 0 aliphatic heterocycles. The summed E-state index contributed by atoms with van der Waals surface area (Å²) in [6.07, 6.45) is -1.03. The number of nitrogens with zero attached hydrogens (tertiary/aromatic N) is 1. The van der Waals surface area contributed by atoms with Gasteiger partial charge < -0.3 is 10.1 Å². The van der Waals surface area contributed by atoms with Gasteiger partial charge in [-0.15, -0.1) is 0 Å². The Labute approximate surface area is 149 Å². The number of amides is 1. The highest BCUT2D eigenvalue weighted by Crippen LogP contribution is 2.15. The second kappa shape index (κ2) is 7.18. The molecule has 3 rings (SSSR count). The molecule has 7 heteroatoms. The number of hydrogen-bond donors (Lipinski definition) is 2. The topological polar surface area (TPSA) is 101 Å². The molecular weight excluding hydrogens is 334 g/mol. The maximum atomic E-state index is 12.4. The third-order valence-electron chi connectivity index (χ3n) is 3.86. The zero-order valence-corrected chi connectivity index (χ0v) is 14.3. The molecule has 0 spiro atoms. The molecule has 0 saturated heterocycles.